The highest BCUT2D eigenvalue weighted by Gasteiger charge is 2.40. The van der Waals surface area contributed by atoms with Gasteiger partial charge in [-0.05, 0) is 82.7 Å². The van der Waals surface area contributed by atoms with Crippen LogP contribution in [-0.4, -0.2) is 119 Å². The van der Waals surface area contributed by atoms with Crippen molar-refractivity contribution in [2.75, 3.05) is 62.1 Å². The van der Waals surface area contributed by atoms with Crippen LogP contribution >= 0.6 is 23.7 Å². The van der Waals surface area contributed by atoms with Crippen molar-refractivity contribution < 1.29 is 38.2 Å². The standard InChI is InChI=1S/C49H59N9O8S.ClH/c1-5-38-49(64)55(3)40-27-51-43(53-46(40)57(38)28-34-26-50-30(2)67-34)25-33-13-12-32(24-42(33)65-4)41(59)23-31-16-18-56(19-17-31)20-22-66-21-7-6-11-44(60)52-37-10-8-9-35-36(37)29-58(48(35)63)39-14-15-45(61)54-47(39)62;/h8-10,12-13,24,26-27,31,38-39H,5-7,11,14-23,25,28-29H2,1-4H3,(H,52,60)(H,54,61,62);1H/t38-,39?;/m1./s1. The van der Waals surface area contributed by atoms with Crippen LogP contribution in [0.25, 0.3) is 0 Å². The predicted octanol–water partition coefficient (Wildman–Crippen LogP) is 5.90. The number of unbranched alkanes of at least 4 members (excludes halogenated alkanes) is 1. The second kappa shape index (κ2) is 22.5. The number of methoxy groups -OCH3 is 1. The summed E-state index contributed by atoms with van der Waals surface area (Å²) in [4.78, 5) is 99.6. The number of ether oxygens (including phenoxy) is 2. The van der Waals surface area contributed by atoms with E-state index in [1.165, 1.54) is 4.90 Å². The van der Waals surface area contributed by atoms with Crippen molar-refractivity contribution in [3.8, 4) is 5.75 Å². The van der Waals surface area contributed by atoms with E-state index >= 15 is 0 Å². The number of carbonyl (C=O) groups is 6. The minimum absolute atomic E-state index is 0. The zero-order chi connectivity index (χ0) is 47.2. The summed E-state index contributed by atoms with van der Waals surface area (Å²) in [6.45, 7) is 8.43. The highest BCUT2D eigenvalue weighted by Crippen LogP contribution is 2.37. The largest absolute Gasteiger partial charge is 0.496 e. The fraction of sp³-hybridized carbons (Fsp3) is 0.490. The fourth-order valence-electron chi connectivity index (χ4n) is 9.51. The van der Waals surface area contributed by atoms with Gasteiger partial charge in [0.15, 0.2) is 11.6 Å². The molecule has 362 valence electrons. The number of nitrogens with zero attached hydrogens (tertiary/aromatic N) is 7. The van der Waals surface area contributed by atoms with E-state index in [0.29, 0.717) is 103 Å². The van der Waals surface area contributed by atoms with Crippen LogP contribution in [0, 0.1) is 12.8 Å². The molecule has 4 aliphatic heterocycles. The van der Waals surface area contributed by atoms with Crippen LogP contribution in [0.3, 0.4) is 0 Å². The van der Waals surface area contributed by atoms with Gasteiger partial charge in [-0.1, -0.05) is 25.1 Å². The summed E-state index contributed by atoms with van der Waals surface area (Å²) in [5.41, 5.74) is 3.85. The van der Waals surface area contributed by atoms with Crippen molar-refractivity contribution in [1.82, 2.24) is 30.1 Å². The van der Waals surface area contributed by atoms with Gasteiger partial charge in [-0.15, -0.1) is 23.7 Å². The molecule has 19 heteroatoms. The van der Waals surface area contributed by atoms with Gasteiger partial charge in [0.25, 0.3) is 5.91 Å². The van der Waals surface area contributed by atoms with Gasteiger partial charge >= 0.3 is 0 Å². The van der Waals surface area contributed by atoms with Crippen molar-refractivity contribution in [1.29, 1.82) is 0 Å². The summed E-state index contributed by atoms with van der Waals surface area (Å²) in [5.74, 6) is 1.07. The number of thiazole rings is 1. The molecule has 4 aliphatic rings. The Morgan fingerprint density at radius 1 is 1.00 bits per heavy atom. The van der Waals surface area contributed by atoms with Crippen molar-refractivity contribution in [2.24, 2.45) is 5.92 Å². The number of benzene rings is 2. The lowest BCUT2D eigenvalue weighted by Gasteiger charge is -2.40. The Kier molecular flexibility index (Phi) is 16.6. The molecule has 68 heavy (non-hydrogen) atoms. The van der Waals surface area contributed by atoms with Gasteiger partial charge in [0.2, 0.25) is 23.6 Å². The molecule has 2 N–H and O–H groups in total. The van der Waals surface area contributed by atoms with Gasteiger partial charge in [-0.3, -0.25) is 34.1 Å². The number of likely N-dealkylation sites (N-methyl/N-ethyl adjacent to an activating group) is 1. The van der Waals surface area contributed by atoms with Crippen LogP contribution in [0.5, 0.6) is 5.75 Å². The number of fused-ring (bicyclic) bond motifs is 2. The quantitative estimate of drug-likeness (QED) is 0.0642. The number of Topliss-reactive ketones (excluding diaryl/α,β-unsaturated/α-hetero) is 1. The van der Waals surface area contributed by atoms with Gasteiger partial charge in [0.05, 0.1) is 31.5 Å². The summed E-state index contributed by atoms with van der Waals surface area (Å²) in [7, 11) is 3.38. The minimum atomic E-state index is -0.715. The first-order chi connectivity index (χ1) is 32.4. The third kappa shape index (κ3) is 11.4. The number of amides is 5. The highest BCUT2D eigenvalue weighted by atomic mass is 35.5. The van der Waals surface area contributed by atoms with Crippen LogP contribution in [0.4, 0.5) is 17.2 Å². The normalized spacial score (nSPS) is 18.6. The van der Waals surface area contributed by atoms with Gasteiger partial charge < -0.3 is 34.4 Å². The van der Waals surface area contributed by atoms with E-state index in [-0.39, 0.29) is 67.2 Å². The number of ketones is 1. The van der Waals surface area contributed by atoms with Gasteiger partial charge in [0, 0.05) is 91.4 Å². The molecule has 2 fully saturated rings. The number of hydrogen-bond acceptors (Lipinski definition) is 14. The molecule has 2 aromatic carbocycles. The third-order valence-corrected chi connectivity index (χ3v) is 14.2. The van der Waals surface area contributed by atoms with Gasteiger partial charge in [-0.2, -0.15) is 0 Å². The molecule has 5 amide bonds. The van der Waals surface area contributed by atoms with Crippen LogP contribution in [-0.2, 0) is 43.4 Å². The second-order valence-corrected chi connectivity index (χ2v) is 19.1. The molecule has 6 heterocycles. The first kappa shape index (κ1) is 50.1. The number of anilines is 3. The average molecular weight is 971 g/mol. The fourth-order valence-corrected chi connectivity index (χ4v) is 10.3. The Labute approximate surface area is 406 Å². The van der Waals surface area contributed by atoms with E-state index in [1.807, 2.05) is 38.2 Å². The topological polar surface area (TPSA) is 197 Å². The second-order valence-electron chi connectivity index (χ2n) is 17.8. The SMILES string of the molecule is CC[C@@H]1C(=O)N(C)c2cnc(Cc3ccc(C(=O)CC4CCN(CCOCCCCC(=O)Nc5cccc6c5CN(C5CCC(=O)NC5=O)C6=O)CC4)cc3OC)nc2N1Cc1cnc(C)s1.Cl. The maximum absolute atomic E-state index is 13.6. The molecule has 2 saturated heterocycles. The number of imide groups is 1. The summed E-state index contributed by atoms with van der Waals surface area (Å²) >= 11 is 1.61. The van der Waals surface area contributed by atoms with E-state index in [1.54, 1.807) is 54.8 Å². The van der Waals surface area contributed by atoms with Gasteiger partial charge in [0.1, 0.15) is 29.3 Å². The Morgan fingerprint density at radius 3 is 2.54 bits per heavy atom. The first-order valence-corrected chi connectivity index (χ1v) is 24.1. The zero-order valence-corrected chi connectivity index (χ0v) is 40.7. The van der Waals surface area contributed by atoms with E-state index in [2.05, 4.69) is 30.4 Å². The zero-order valence-electron chi connectivity index (χ0n) is 39.1. The molecular formula is C49H60ClN9O8S. The minimum Gasteiger partial charge on any atom is -0.496 e. The maximum Gasteiger partial charge on any atom is 0.255 e. The molecule has 4 aromatic rings. The molecule has 0 spiro atoms. The van der Waals surface area contributed by atoms with Crippen LogP contribution in [0.1, 0.15) is 112 Å². The third-order valence-electron chi connectivity index (χ3n) is 13.3. The lowest BCUT2D eigenvalue weighted by atomic mass is 9.89. The highest BCUT2D eigenvalue weighted by molar-refractivity contribution is 7.11. The number of hydrogen-bond donors (Lipinski definition) is 2. The predicted molar refractivity (Wildman–Crippen MR) is 260 cm³/mol. The Balaban J connectivity index is 0.00000684. The lowest BCUT2D eigenvalue weighted by Crippen LogP contribution is -2.52. The first-order valence-electron chi connectivity index (χ1n) is 23.3. The molecule has 0 saturated carbocycles. The molecule has 2 atom stereocenters. The number of piperidine rings is 2. The van der Waals surface area contributed by atoms with E-state index in [0.717, 1.165) is 54.3 Å². The Hall–Kier alpha value is -5.82. The van der Waals surface area contributed by atoms with E-state index < -0.39 is 11.9 Å². The number of nitrogens with one attached hydrogen (secondary N) is 2. The molecule has 0 radical (unpaired) electrons. The van der Waals surface area contributed by atoms with Crippen molar-refractivity contribution in [3.05, 3.63) is 86.8 Å². The Morgan fingerprint density at radius 2 is 1.81 bits per heavy atom. The maximum atomic E-state index is 13.6. The number of likely N-dealkylation sites (tertiary alicyclic amines) is 1. The molecule has 8 rings (SSSR count). The summed E-state index contributed by atoms with van der Waals surface area (Å²) < 4.78 is 11.7. The van der Waals surface area contributed by atoms with Crippen molar-refractivity contribution in [2.45, 2.75) is 103 Å². The number of aromatic nitrogens is 3. The van der Waals surface area contributed by atoms with E-state index in [9.17, 15) is 28.8 Å². The summed E-state index contributed by atoms with van der Waals surface area (Å²) in [6.07, 6.45) is 9.08. The summed E-state index contributed by atoms with van der Waals surface area (Å²) in [5, 5.41) is 6.23. The molecule has 2 aromatic heterocycles. The van der Waals surface area contributed by atoms with Crippen molar-refractivity contribution in [3.63, 3.8) is 0 Å². The Bertz CT molecular complexity index is 2530. The molecular weight excluding hydrogens is 910 g/mol. The number of rotatable bonds is 19. The number of halogens is 1. The van der Waals surface area contributed by atoms with Crippen LogP contribution in [0.2, 0.25) is 0 Å². The van der Waals surface area contributed by atoms with E-state index in [4.69, 9.17) is 14.5 Å². The number of carbonyl (C=O) groups excluding carboxylic acids is 6. The molecule has 0 aliphatic carbocycles. The molecule has 0 bridgehead atoms. The van der Waals surface area contributed by atoms with Crippen molar-refractivity contribution >= 4 is 76.3 Å². The smallest absolute Gasteiger partial charge is 0.255 e. The average Bonchev–Trinajstić information content (AvgIpc) is 3.90. The molecule has 1 unspecified atom stereocenters. The van der Waals surface area contributed by atoms with Crippen LogP contribution in [0.15, 0.2) is 48.8 Å². The van der Waals surface area contributed by atoms with Crippen LogP contribution < -0.4 is 25.2 Å². The van der Waals surface area contributed by atoms with Gasteiger partial charge in [-0.25, -0.2) is 15.0 Å². The lowest BCUT2D eigenvalue weighted by molar-refractivity contribution is -0.137. The number of aryl methyl sites for hydroxylation is 1. The summed E-state index contributed by atoms with van der Waals surface area (Å²) in [6, 6.07) is 9.72. The molecule has 17 nitrogen and oxygen atoms in total. The monoisotopic (exact) mass is 969 g/mol.